The summed E-state index contributed by atoms with van der Waals surface area (Å²) in [5.41, 5.74) is -1.89. The van der Waals surface area contributed by atoms with Crippen LogP contribution >= 0.6 is 0 Å². The molecular weight excluding hydrogens is 463 g/mol. The third-order valence-corrected chi connectivity index (χ3v) is 6.21. The second-order valence-electron chi connectivity index (χ2n) is 8.13. The van der Waals surface area contributed by atoms with Gasteiger partial charge in [-0.05, 0) is 32.9 Å². The van der Waals surface area contributed by atoms with Crippen LogP contribution in [-0.4, -0.2) is 52.5 Å². The predicted molar refractivity (Wildman–Crippen MR) is 114 cm³/mol. The van der Waals surface area contributed by atoms with Crippen LogP contribution in [0.1, 0.15) is 33.4 Å². The smallest absolute Gasteiger partial charge is 0.435 e. The zero-order chi connectivity index (χ0) is 24.8. The van der Waals surface area contributed by atoms with E-state index in [-0.39, 0.29) is 33.4 Å². The zero-order valence-electron chi connectivity index (χ0n) is 18.5. The number of amides is 1. The molecule has 0 N–H and O–H groups in total. The number of ether oxygens (including phenoxy) is 1. The summed E-state index contributed by atoms with van der Waals surface area (Å²) >= 11 is 0. The molecule has 3 aromatic rings. The molecule has 0 unspecified atom stereocenters. The Hall–Kier alpha value is -3.22. The van der Waals surface area contributed by atoms with Gasteiger partial charge in [0.1, 0.15) is 11.3 Å². The minimum absolute atomic E-state index is 0.0367. The van der Waals surface area contributed by atoms with Crippen LogP contribution < -0.4 is 4.90 Å². The number of nitrogens with zero attached hydrogens (tertiary/aromatic N) is 5. The van der Waals surface area contributed by atoms with Gasteiger partial charge in [0.2, 0.25) is 0 Å². The van der Waals surface area contributed by atoms with E-state index >= 15 is 0 Å². The molecule has 1 amide bonds. The molecule has 0 spiro atoms. The molecule has 0 saturated heterocycles. The van der Waals surface area contributed by atoms with Gasteiger partial charge in [-0.25, -0.2) is 22.7 Å². The van der Waals surface area contributed by atoms with Crippen LogP contribution in [0.25, 0.3) is 17.0 Å². The van der Waals surface area contributed by atoms with Crippen LogP contribution in [0.5, 0.6) is 0 Å². The van der Waals surface area contributed by atoms with E-state index < -0.39 is 33.4 Å². The van der Waals surface area contributed by atoms with E-state index in [0.29, 0.717) is 0 Å². The number of aromatic nitrogens is 4. The van der Waals surface area contributed by atoms with Gasteiger partial charge in [-0.3, -0.25) is 9.88 Å². The number of anilines is 1. The van der Waals surface area contributed by atoms with Crippen LogP contribution in [0, 0.1) is 0 Å². The molecule has 3 heterocycles. The number of carbonyl (C=O) groups excluding carboxylic acids is 1. The molecule has 0 bridgehead atoms. The van der Waals surface area contributed by atoms with Crippen LogP contribution in [0.4, 0.5) is 23.7 Å². The first-order valence-electron chi connectivity index (χ1n) is 9.76. The van der Waals surface area contributed by atoms with E-state index in [1.807, 2.05) is 0 Å². The Kier molecular flexibility index (Phi) is 6.13. The lowest BCUT2D eigenvalue weighted by molar-refractivity contribution is -0.141. The van der Waals surface area contributed by atoms with Gasteiger partial charge in [-0.1, -0.05) is 6.92 Å². The highest BCUT2D eigenvalue weighted by atomic mass is 32.2. The molecule has 9 nitrogen and oxygen atoms in total. The van der Waals surface area contributed by atoms with Gasteiger partial charge in [0.05, 0.1) is 28.2 Å². The van der Waals surface area contributed by atoms with Crippen molar-refractivity contribution in [3.63, 3.8) is 0 Å². The Bertz CT molecular complexity index is 1310. The van der Waals surface area contributed by atoms with E-state index in [4.69, 9.17) is 4.74 Å². The van der Waals surface area contributed by atoms with E-state index in [2.05, 4.69) is 15.1 Å². The van der Waals surface area contributed by atoms with Crippen molar-refractivity contribution in [1.82, 2.24) is 19.6 Å². The first-order valence-corrected chi connectivity index (χ1v) is 11.4. The molecule has 13 heteroatoms. The Labute approximate surface area is 188 Å². The molecule has 0 aromatic carbocycles. The second-order valence-corrected chi connectivity index (χ2v) is 10.4. The number of alkyl halides is 3. The van der Waals surface area contributed by atoms with Crippen molar-refractivity contribution in [3.8, 4) is 11.4 Å². The Morgan fingerprint density at radius 2 is 1.88 bits per heavy atom. The Morgan fingerprint density at radius 3 is 2.45 bits per heavy atom. The summed E-state index contributed by atoms with van der Waals surface area (Å²) in [4.78, 5) is 21.6. The normalized spacial score (nSPS) is 12.7. The lowest BCUT2D eigenvalue weighted by atomic mass is 10.2. The Balaban J connectivity index is 2.11. The van der Waals surface area contributed by atoms with Crippen LogP contribution in [-0.2, 0) is 20.8 Å². The maximum absolute atomic E-state index is 13.0. The summed E-state index contributed by atoms with van der Waals surface area (Å²) in [5, 5.41) is 3.42. The van der Waals surface area contributed by atoms with Crippen molar-refractivity contribution >= 4 is 27.3 Å². The van der Waals surface area contributed by atoms with Gasteiger partial charge in [-0.2, -0.15) is 18.3 Å². The van der Waals surface area contributed by atoms with Crippen molar-refractivity contribution in [2.45, 2.75) is 44.4 Å². The summed E-state index contributed by atoms with van der Waals surface area (Å²) in [5.74, 6) is -0.269. The minimum atomic E-state index is -4.66. The van der Waals surface area contributed by atoms with Crippen molar-refractivity contribution in [1.29, 1.82) is 0 Å². The van der Waals surface area contributed by atoms with Gasteiger partial charge < -0.3 is 4.74 Å². The SMILES string of the molecule is CCS(=O)(=O)c1cc(N(C)C(=O)OC(C)(C)C)cnc1-c1ccn2nc(C(F)(F)F)cc2n1. The second kappa shape index (κ2) is 8.28. The largest absolute Gasteiger partial charge is 0.443 e. The number of fused-ring (bicyclic) bond motifs is 1. The third kappa shape index (κ3) is 5.24. The number of rotatable bonds is 4. The lowest BCUT2D eigenvalue weighted by Crippen LogP contribution is -2.34. The molecule has 33 heavy (non-hydrogen) atoms. The standard InChI is InChI=1S/C20H22F3N5O4S/c1-6-33(30,31)14-9-12(27(5)18(29)32-19(2,3)4)11-24-17(14)13-7-8-28-16(25-13)10-15(26-28)20(21,22)23/h7-11H,6H2,1-5H3. The quantitative estimate of drug-likeness (QED) is 0.550. The maximum atomic E-state index is 13.0. The topological polar surface area (TPSA) is 107 Å². The van der Waals surface area contributed by atoms with Crippen molar-refractivity contribution < 1.29 is 31.1 Å². The first-order chi connectivity index (χ1) is 15.1. The number of halogens is 3. The number of carbonyl (C=O) groups is 1. The van der Waals surface area contributed by atoms with Gasteiger partial charge in [0, 0.05) is 19.3 Å². The highest BCUT2D eigenvalue weighted by Crippen LogP contribution is 2.31. The molecule has 0 aliphatic rings. The van der Waals surface area contributed by atoms with Crippen LogP contribution in [0.3, 0.4) is 0 Å². The molecule has 0 atom stereocenters. The molecule has 0 aliphatic carbocycles. The highest BCUT2D eigenvalue weighted by molar-refractivity contribution is 7.91. The molecule has 0 saturated carbocycles. The van der Waals surface area contributed by atoms with E-state index in [9.17, 15) is 26.4 Å². The maximum Gasteiger partial charge on any atom is 0.435 e. The van der Waals surface area contributed by atoms with Gasteiger partial charge in [-0.15, -0.1) is 0 Å². The first kappa shape index (κ1) is 24.4. The number of hydrogen-bond acceptors (Lipinski definition) is 7. The molecule has 3 aromatic heterocycles. The predicted octanol–water partition coefficient (Wildman–Crippen LogP) is 3.98. The van der Waals surface area contributed by atoms with Gasteiger partial charge in [0.25, 0.3) is 0 Å². The van der Waals surface area contributed by atoms with Crippen LogP contribution in [0.2, 0.25) is 0 Å². The highest BCUT2D eigenvalue weighted by Gasteiger charge is 2.34. The summed E-state index contributed by atoms with van der Waals surface area (Å²) < 4.78 is 70.7. The summed E-state index contributed by atoms with van der Waals surface area (Å²) in [6.07, 6.45) is -2.87. The number of hydrogen-bond donors (Lipinski definition) is 0. The fourth-order valence-electron chi connectivity index (χ4n) is 2.79. The fraction of sp³-hybridized carbons (Fsp3) is 0.400. The average molecular weight is 485 g/mol. The Morgan fingerprint density at radius 1 is 1.21 bits per heavy atom. The molecule has 0 aliphatic heterocycles. The average Bonchev–Trinajstić information content (AvgIpc) is 3.15. The molecule has 0 fully saturated rings. The van der Waals surface area contributed by atoms with Crippen molar-refractivity contribution in [2.75, 3.05) is 17.7 Å². The van der Waals surface area contributed by atoms with Crippen LogP contribution in [0.15, 0.2) is 35.5 Å². The van der Waals surface area contributed by atoms with E-state index in [1.54, 1.807) is 20.8 Å². The van der Waals surface area contributed by atoms with Crippen molar-refractivity contribution in [2.24, 2.45) is 0 Å². The summed E-state index contributed by atoms with van der Waals surface area (Å²) in [7, 11) is -2.44. The van der Waals surface area contributed by atoms with Crippen molar-refractivity contribution in [3.05, 3.63) is 36.3 Å². The van der Waals surface area contributed by atoms with E-state index in [1.165, 1.54) is 38.5 Å². The zero-order valence-corrected chi connectivity index (χ0v) is 19.3. The number of sulfone groups is 1. The van der Waals surface area contributed by atoms with Gasteiger partial charge >= 0.3 is 12.3 Å². The summed E-state index contributed by atoms with van der Waals surface area (Å²) in [6, 6.07) is 3.32. The molecular formula is C20H22F3N5O4S. The molecule has 0 radical (unpaired) electrons. The molecule has 178 valence electrons. The number of pyridine rings is 1. The minimum Gasteiger partial charge on any atom is -0.443 e. The lowest BCUT2D eigenvalue weighted by Gasteiger charge is -2.25. The molecule has 3 rings (SSSR count). The fourth-order valence-corrected chi connectivity index (χ4v) is 3.85. The monoisotopic (exact) mass is 485 g/mol. The van der Waals surface area contributed by atoms with E-state index in [0.717, 1.165) is 15.5 Å². The third-order valence-electron chi connectivity index (χ3n) is 4.47. The van der Waals surface area contributed by atoms with Gasteiger partial charge in [0.15, 0.2) is 21.2 Å². The summed E-state index contributed by atoms with van der Waals surface area (Å²) in [6.45, 7) is 6.51.